The molecule has 1 aliphatic carbocycles. The van der Waals surface area contributed by atoms with E-state index in [1.807, 2.05) is 44.7 Å². The van der Waals surface area contributed by atoms with Crippen LogP contribution in [0.2, 0.25) is 25.7 Å². The van der Waals surface area contributed by atoms with Crippen LogP contribution < -0.4 is 10.6 Å². The first-order valence-electron chi connectivity index (χ1n) is 12.5. The highest BCUT2D eigenvalue weighted by Gasteiger charge is 2.33. The highest BCUT2D eigenvalue weighted by Crippen LogP contribution is 2.38. The monoisotopic (exact) mass is 530 g/mol. The maximum atomic E-state index is 12.1. The first kappa shape index (κ1) is 26.6. The lowest BCUT2D eigenvalue weighted by atomic mass is 9.86. The molecule has 0 bridgehead atoms. The maximum absolute atomic E-state index is 12.1. The van der Waals surface area contributed by atoms with Crippen LogP contribution in [0.25, 0.3) is 21.6 Å². The molecule has 3 aromatic heterocycles. The van der Waals surface area contributed by atoms with Gasteiger partial charge in [0.25, 0.3) is 0 Å². The molecule has 196 valence electrons. The lowest BCUT2D eigenvalue weighted by Gasteiger charge is -2.37. The zero-order valence-corrected chi connectivity index (χ0v) is 24.2. The molecule has 3 aromatic rings. The van der Waals surface area contributed by atoms with Gasteiger partial charge in [-0.15, -0.1) is 10.2 Å². The van der Waals surface area contributed by atoms with Crippen molar-refractivity contribution in [3.8, 4) is 10.6 Å². The van der Waals surface area contributed by atoms with Gasteiger partial charge in [-0.1, -0.05) is 31.0 Å². The molecule has 0 aromatic carbocycles. The molecule has 0 spiro atoms. The number of nitrogens with one attached hydrogen (secondary N) is 2. The Kier molecular flexibility index (Phi) is 7.72. The van der Waals surface area contributed by atoms with Gasteiger partial charge in [0, 0.05) is 44.5 Å². The van der Waals surface area contributed by atoms with Gasteiger partial charge in [0.2, 0.25) is 0 Å². The summed E-state index contributed by atoms with van der Waals surface area (Å²) in [5, 5.41) is 18.0. The molecule has 3 heterocycles. The Hall–Kier alpha value is -2.50. The van der Waals surface area contributed by atoms with Gasteiger partial charge in [-0.2, -0.15) is 0 Å². The number of anilines is 1. The van der Waals surface area contributed by atoms with Gasteiger partial charge >= 0.3 is 6.09 Å². The zero-order chi connectivity index (χ0) is 26.1. The molecule has 4 rings (SSSR count). The van der Waals surface area contributed by atoms with Crippen molar-refractivity contribution in [2.75, 3.05) is 11.9 Å². The molecule has 0 saturated heterocycles. The van der Waals surface area contributed by atoms with Crippen molar-refractivity contribution in [3.63, 3.8) is 0 Å². The summed E-state index contributed by atoms with van der Waals surface area (Å²) in [7, 11) is -1.13. The minimum Gasteiger partial charge on any atom is -0.444 e. The molecule has 0 atom stereocenters. The van der Waals surface area contributed by atoms with E-state index in [9.17, 15) is 4.79 Å². The lowest BCUT2D eigenvalue weighted by Crippen LogP contribution is -2.50. The Balaban J connectivity index is 1.49. The van der Waals surface area contributed by atoms with E-state index in [0.29, 0.717) is 6.73 Å². The van der Waals surface area contributed by atoms with E-state index in [2.05, 4.69) is 46.5 Å². The minimum absolute atomic E-state index is 0.0891. The summed E-state index contributed by atoms with van der Waals surface area (Å²) in [6.45, 7) is 15.8. The molecule has 2 N–H and O–H groups in total. The van der Waals surface area contributed by atoms with Crippen molar-refractivity contribution < 1.29 is 14.3 Å². The highest BCUT2D eigenvalue weighted by atomic mass is 32.1. The normalized spacial score (nSPS) is 18.2. The number of fused-ring (bicyclic) bond motifs is 1. The van der Waals surface area contributed by atoms with Crippen LogP contribution in [0.1, 0.15) is 38.6 Å². The summed E-state index contributed by atoms with van der Waals surface area (Å²) in [6, 6.07) is 3.53. The first-order chi connectivity index (χ1) is 16.9. The second-order valence-electron chi connectivity index (χ2n) is 11.7. The SMILES string of the molecule is Cc1nnc(-c2cnc3c(ccn3COCC[Si](C)(C)C)c2N[C@H]2C[C@@H](NC(=O)OC(C)(C)C)C2)s1. The van der Waals surface area contributed by atoms with Crippen molar-refractivity contribution in [2.45, 2.75) is 90.6 Å². The topological polar surface area (TPSA) is 103 Å². The van der Waals surface area contributed by atoms with E-state index in [-0.39, 0.29) is 18.2 Å². The molecule has 1 amide bonds. The third kappa shape index (κ3) is 6.83. The van der Waals surface area contributed by atoms with Crippen LogP contribution in [-0.2, 0) is 16.2 Å². The van der Waals surface area contributed by atoms with Crippen LogP contribution in [0.15, 0.2) is 18.5 Å². The largest absolute Gasteiger partial charge is 0.444 e. The van der Waals surface area contributed by atoms with E-state index in [1.165, 1.54) is 0 Å². The molecule has 9 nitrogen and oxygen atoms in total. The first-order valence-corrected chi connectivity index (χ1v) is 17.0. The summed E-state index contributed by atoms with van der Waals surface area (Å²) in [6.07, 6.45) is 5.17. The number of hydrogen-bond donors (Lipinski definition) is 2. The molecule has 1 fully saturated rings. The Morgan fingerprint density at radius 1 is 1.22 bits per heavy atom. The fourth-order valence-corrected chi connectivity index (χ4v) is 5.50. The molecule has 0 unspecified atom stereocenters. The van der Waals surface area contributed by atoms with Crippen LogP contribution in [0.5, 0.6) is 0 Å². The van der Waals surface area contributed by atoms with Crippen molar-refractivity contribution in [1.29, 1.82) is 0 Å². The van der Waals surface area contributed by atoms with Gasteiger partial charge in [0.05, 0.1) is 11.3 Å². The second-order valence-corrected chi connectivity index (χ2v) is 18.5. The van der Waals surface area contributed by atoms with E-state index < -0.39 is 13.7 Å². The van der Waals surface area contributed by atoms with E-state index in [1.54, 1.807) is 11.3 Å². The summed E-state index contributed by atoms with van der Waals surface area (Å²) in [5.74, 6) is 0. The van der Waals surface area contributed by atoms with E-state index in [4.69, 9.17) is 14.5 Å². The van der Waals surface area contributed by atoms with Crippen molar-refractivity contribution in [3.05, 3.63) is 23.5 Å². The van der Waals surface area contributed by atoms with Gasteiger partial charge in [-0.05, 0) is 52.6 Å². The highest BCUT2D eigenvalue weighted by molar-refractivity contribution is 7.14. The van der Waals surface area contributed by atoms with Crippen LogP contribution in [0, 0.1) is 6.92 Å². The van der Waals surface area contributed by atoms with Gasteiger partial charge in [0.15, 0.2) is 5.01 Å². The molecule has 1 aliphatic rings. The standard InChI is InChI=1S/C25H38N6O3SSi/c1-16-29-30-23(35-16)20-14-26-22-19(8-9-31(22)15-33-10-11-36(5,6)7)21(20)27-17-12-18(13-17)28-24(32)34-25(2,3)4/h8-9,14,17-18H,10-13,15H2,1-7H3,(H,26,27)(H,28,32)/t17-,18+. The number of rotatable bonds is 9. The average Bonchev–Trinajstić information content (AvgIpc) is 3.34. The Morgan fingerprint density at radius 3 is 2.61 bits per heavy atom. The van der Waals surface area contributed by atoms with Gasteiger partial charge in [0.1, 0.15) is 23.0 Å². The molecule has 0 aliphatic heterocycles. The van der Waals surface area contributed by atoms with Crippen molar-refractivity contribution >= 4 is 42.2 Å². The summed E-state index contributed by atoms with van der Waals surface area (Å²) < 4.78 is 13.4. The van der Waals surface area contributed by atoms with Crippen molar-refractivity contribution in [1.82, 2.24) is 25.1 Å². The third-order valence-corrected chi connectivity index (χ3v) is 8.56. The van der Waals surface area contributed by atoms with Crippen LogP contribution in [0.4, 0.5) is 10.5 Å². The number of amides is 1. The number of aryl methyl sites for hydroxylation is 1. The number of carbonyl (C=O) groups excluding carboxylic acids is 1. The van der Waals surface area contributed by atoms with Crippen molar-refractivity contribution in [2.24, 2.45) is 0 Å². The smallest absolute Gasteiger partial charge is 0.407 e. The molecular formula is C25H38N6O3SSi. The van der Waals surface area contributed by atoms with Crippen LogP contribution in [-0.4, -0.2) is 58.2 Å². The third-order valence-electron chi connectivity index (χ3n) is 5.98. The van der Waals surface area contributed by atoms with E-state index in [0.717, 1.165) is 57.8 Å². The summed E-state index contributed by atoms with van der Waals surface area (Å²) in [4.78, 5) is 16.9. The predicted molar refractivity (Wildman–Crippen MR) is 147 cm³/mol. The quantitative estimate of drug-likeness (QED) is 0.272. The molecular weight excluding hydrogens is 492 g/mol. The molecule has 0 radical (unpaired) electrons. The lowest BCUT2D eigenvalue weighted by molar-refractivity contribution is 0.0475. The number of pyridine rings is 1. The summed E-state index contributed by atoms with van der Waals surface area (Å²) in [5.41, 5.74) is 2.30. The number of nitrogens with zero attached hydrogens (tertiary/aromatic N) is 4. The van der Waals surface area contributed by atoms with Gasteiger partial charge in [-0.3, -0.25) is 0 Å². The number of hydrogen-bond acceptors (Lipinski definition) is 8. The Morgan fingerprint density at radius 2 is 1.97 bits per heavy atom. The number of carbonyl (C=O) groups is 1. The Bertz CT molecular complexity index is 1210. The van der Waals surface area contributed by atoms with Crippen LogP contribution in [0.3, 0.4) is 0 Å². The van der Waals surface area contributed by atoms with Gasteiger partial charge < -0.3 is 24.7 Å². The fourth-order valence-electron chi connectivity index (χ4n) is 4.04. The predicted octanol–water partition coefficient (Wildman–Crippen LogP) is 5.64. The number of alkyl carbamates (subject to hydrolysis) is 1. The number of aromatic nitrogens is 4. The molecule has 11 heteroatoms. The maximum Gasteiger partial charge on any atom is 0.407 e. The molecule has 1 saturated carbocycles. The average molecular weight is 531 g/mol. The van der Waals surface area contributed by atoms with E-state index >= 15 is 0 Å². The zero-order valence-electron chi connectivity index (χ0n) is 22.3. The minimum atomic E-state index is -1.13. The fraction of sp³-hybridized carbons (Fsp3) is 0.600. The van der Waals surface area contributed by atoms with Gasteiger partial charge in [-0.25, -0.2) is 9.78 Å². The number of ether oxygens (including phenoxy) is 2. The molecule has 36 heavy (non-hydrogen) atoms. The summed E-state index contributed by atoms with van der Waals surface area (Å²) >= 11 is 1.55. The Labute approximate surface area is 218 Å². The van der Waals surface area contributed by atoms with Crippen LogP contribution >= 0.6 is 11.3 Å². The second kappa shape index (κ2) is 10.5.